The van der Waals surface area contributed by atoms with Crippen molar-refractivity contribution in [1.29, 1.82) is 0 Å². The molecule has 0 bridgehead atoms. The van der Waals surface area contributed by atoms with Crippen molar-refractivity contribution in [2.24, 2.45) is 0 Å². The number of hydrogen-bond donors (Lipinski definition) is 1. The molecule has 1 aromatic carbocycles. The van der Waals surface area contributed by atoms with E-state index in [1.165, 1.54) is 0 Å². The zero-order valence-corrected chi connectivity index (χ0v) is 9.51. The predicted octanol–water partition coefficient (Wildman–Crippen LogP) is 2.80. The van der Waals surface area contributed by atoms with Gasteiger partial charge in [0.15, 0.2) is 0 Å². The van der Waals surface area contributed by atoms with Crippen LogP contribution in [0.25, 0.3) is 0 Å². The number of alkyl halides is 2. The van der Waals surface area contributed by atoms with Crippen molar-refractivity contribution in [2.75, 3.05) is 5.32 Å². The van der Waals surface area contributed by atoms with Crippen LogP contribution < -0.4 is 5.32 Å². The van der Waals surface area contributed by atoms with Gasteiger partial charge in [0.1, 0.15) is 0 Å². The third-order valence-electron chi connectivity index (χ3n) is 1.64. The summed E-state index contributed by atoms with van der Waals surface area (Å²) in [6.45, 7) is 1.90. The zero-order valence-electron chi connectivity index (χ0n) is 7.35. The maximum absolute atomic E-state index is 11.9. The summed E-state index contributed by atoms with van der Waals surface area (Å²) in [6.07, 6.45) is -2.98. The second-order valence-electron chi connectivity index (χ2n) is 2.75. The quantitative estimate of drug-likeness (QED) is 0.836. The Morgan fingerprint density at radius 2 is 2.14 bits per heavy atom. The number of benzene rings is 1. The Morgan fingerprint density at radius 3 is 2.64 bits per heavy atom. The Hall–Kier alpha value is -0.720. The molecule has 0 spiro atoms. The average Bonchev–Trinajstić information content (AvgIpc) is 2.11. The Kier molecular flexibility index (Phi) is 3.79. The lowest BCUT2D eigenvalue weighted by Crippen LogP contribution is -2.20. The Balaban J connectivity index is 2.78. The normalized spacial score (nSPS) is 10.4. The lowest BCUT2D eigenvalue weighted by Gasteiger charge is -2.05. The predicted molar refractivity (Wildman–Crippen MR) is 58.5 cm³/mol. The lowest BCUT2D eigenvalue weighted by atomic mass is 10.2. The topological polar surface area (TPSA) is 29.1 Å². The molecule has 1 aromatic rings. The van der Waals surface area contributed by atoms with Crippen LogP contribution >= 0.6 is 22.6 Å². The number of aryl methyl sites for hydroxylation is 1. The molecule has 0 saturated heterocycles. The van der Waals surface area contributed by atoms with E-state index < -0.39 is 12.3 Å². The van der Waals surface area contributed by atoms with E-state index in [9.17, 15) is 13.6 Å². The number of anilines is 1. The van der Waals surface area contributed by atoms with E-state index in [1.807, 2.05) is 6.92 Å². The highest BCUT2D eigenvalue weighted by Crippen LogP contribution is 2.17. The molecule has 0 aliphatic carbocycles. The van der Waals surface area contributed by atoms with Crippen LogP contribution in [0.15, 0.2) is 18.2 Å². The third kappa shape index (κ3) is 2.90. The molecule has 14 heavy (non-hydrogen) atoms. The summed E-state index contributed by atoms with van der Waals surface area (Å²) < 4.78 is 24.7. The average molecular weight is 311 g/mol. The molecule has 0 fully saturated rings. The fourth-order valence-electron chi connectivity index (χ4n) is 0.867. The van der Waals surface area contributed by atoms with Crippen LogP contribution in [0, 0.1) is 10.5 Å². The minimum absolute atomic E-state index is 0.394. The van der Waals surface area contributed by atoms with Crippen molar-refractivity contribution in [3.8, 4) is 0 Å². The molecule has 1 amide bonds. The molecular weight excluding hydrogens is 303 g/mol. The van der Waals surface area contributed by atoms with Gasteiger partial charge in [-0.25, -0.2) is 0 Å². The molecule has 0 aliphatic heterocycles. The molecule has 0 aliphatic rings. The van der Waals surface area contributed by atoms with E-state index in [2.05, 4.69) is 27.9 Å². The maximum Gasteiger partial charge on any atom is 0.315 e. The Labute approximate surface area is 93.8 Å². The highest BCUT2D eigenvalue weighted by molar-refractivity contribution is 14.1. The molecule has 76 valence electrons. The largest absolute Gasteiger partial charge is 0.321 e. The van der Waals surface area contributed by atoms with Crippen molar-refractivity contribution < 1.29 is 13.6 Å². The van der Waals surface area contributed by atoms with Gasteiger partial charge in [-0.1, -0.05) is 6.07 Å². The fraction of sp³-hybridized carbons (Fsp3) is 0.222. The van der Waals surface area contributed by atoms with Crippen LogP contribution in [0.3, 0.4) is 0 Å². The van der Waals surface area contributed by atoms with Crippen LogP contribution in [0.5, 0.6) is 0 Å². The third-order valence-corrected chi connectivity index (χ3v) is 2.80. The molecule has 0 unspecified atom stereocenters. The van der Waals surface area contributed by atoms with Crippen molar-refractivity contribution in [3.05, 3.63) is 27.3 Å². The number of hydrogen-bond acceptors (Lipinski definition) is 1. The van der Waals surface area contributed by atoms with Crippen molar-refractivity contribution in [1.82, 2.24) is 0 Å². The molecule has 0 saturated carbocycles. The smallest absolute Gasteiger partial charge is 0.315 e. The summed E-state index contributed by atoms with van der Waals surface area (Å²) in [6, 6.07) is 5.01. The number of carbonyl (C=O) groups is 1. The van der Waals surface area contributed by atoms with Gasteiger partial charge in [0.25, 0.3) is 5.91 Å². The fourth-order valence-corrected chi connectivity index (χ4v) is 1.38. The van der Waals surface area contributed by atoms with Gasteiger partial charge in [-0.15, -0.1) is 0 Å². The molecule has 0 radical (unpaired) electrons. The first-order valence-corrected chi connectivity index (χ1v) is 4.94. The molecule has 0 aromatic heterocycles. The van der Waals surface area contributed by atoms with Gasteiger partial charge in [-0.2, -0.15) is 8.78 Å². The highest BCUT2D eigenvalue weighted by atomic mass is 127. The van der Waals surface area contributed by atoms with E-state index in [4.69, 9.17) is 0 Å². The Morgan fingerprint density at radius 1 is 1.50 bits per heavy atom. The second kappa shape index (κ2) is 4.68. The van der Waals surface area contributed by atoms with Crippen LogP contribution in [0.2, 0.25) is 0 Å². The zero-order chi connectivity index (χ0) is 10.7. The van der Waals surface area contributed by atoms with E-state index in [0.717, 1.165) is 9.13 Å². The van der Waals surface area contributed by atoms with Gasteiger partial charge in [-0.05, 0) is 47.2 Å². The minimum atomic E-state index is -2.98. The number of carbonyl (C=O) groups excluding carboxylic acids is 1. The number of nitrogens with one attached hydrogen (secondary N) is 1. The van der Waals surface area contributed by atoms with Gasteiger partial charge in [0, 0.05) is 9.26 Å². The number of rotatable bonds is 2. The van der Waals surface area contributed by atoms with E-state index in [-0.39, 0.29) is 0 Å². The lowest BCUT2D eigenvalue weighted by molar-refractivity contribution is -0.126. The summed E-state index contributed by atoms with van der Waals surface area (Å²) in [4.78, 5) is 10.6. The number of amides is 1. The summed E-state index contributed by atoms with van der Waals surface area (Å²) in [7, 11) is 0. The van der Waals surface area contributed by atoms with Crippen molar-refractivity contribution in [2.45, 2.75) is 13.3 Å². The molecule has 1 N–H and O–H groups in total. The molecule has 2 nitrogen and oxygen atoms in total. The van der Waals surface area contributed by atoms with Crippen LogP contribution in [0.4, 0.5) is 14.5 Å². The first kappa shape index (κ1) is 11.4. The molecule has 1 rings (SSSR count). The van der Waals surface area contributed by atoms with Gasteiger partial charge in [0.05, 0.1) is 0 Å². The van der Waals surface area contributed by atoms with Crippen LogP contribution in [-0.4, -0.2) is 12.3 Å². The van der Waals surface area contributed by atoms with Gasteiger partial charge in [0.2, 0.25) is 0 Å². The van der Waals surface area contributed by atoms with E-state index >= 15 is 0 Å². The van der Waals surface area contributed by atoms with Gasteiger partial charge >= 0.3 is 6.43 Å². The van der Waals surface area contributed by atoms with E-state index in [1.54, 1.807) is 18.2 Å². The summed E-state index contributed by atoms with van der Waals surface area (Å²) in [5, 5.41) is 2.12. The van der Waals surface area contributed by atoms with Gasteiger partial charge in [-0.3, -0.25) is 4.79 Å². The number of halogens is 3. The SMILES string of the molecule is Cc1ccc(NC(=O)C(F)F)cc1I. The summed E-state index contributed by atoms with van der Waals surface area (Å²) in [5.74, 6) is -1.27. The van der Waals surface area contributed by atoms with Crippen molar-refractivity contribution >= 4 is 34.2 Å². The minimum Gasteiger partial charge on any atom is -0.321 e. The first-order valence-electron chi connectivity index (χ1n) is 3.86. The highest BCUT2D eigenvalue weighted by Gasteiger charge is 2.14. The van der Waals surface area contributed by atoms with Gasteiger partial charge < -0.3 is 5.32 Å². The molecule has 0 atom stereocenters. The molecule has 0 heterocycles. The molecule has 5 heteroatoms. The molecular formula is C9H8F2INO. The summed E-state index contributed by atoms with van der Waals surface area (Å²) in [5.41, 5.74) is 1.44. The summed E-state index contributed by atoms with van der Waals surface area (Å²) >= 11 is 2.08. The van der Waals surface area contributed by atoms with Crippen molar-refractivity contribution in [3.63, 3.8) is 0 Å². The van der Waals surface area contributed by atoms with E-state index in [0.29, 0.717) is 5.69 Å². The first-order chi connectivity index (χ1) is 6.50. The van der Waals surface area contributed by atoms with Crippen LogP contribution in [-0.2, 0) is 4.79 Å². The Bertz CT molecular complexity index is 355. The standard InChI is InChI=1S/C9H8F2INO/c1-5-2-3-6(4-7(5)12)13-9(14)8(10)11/h2-4,8H,1H3,(H,13,14). The maximum atomic E-state index is 11.9. The van der Waals surface area contributed by atoms with Crippen LogP contribution in [0.1, 0.15) is 5.56 Å². The monoisotopic (exact) mass is 311 g/mol. The second-order valence-corrected chi connectivity index (χ2v) is 3.92.